The highest BCUT2D eigenvalue weighted by Crippen LogP contribution is 2.31. The van der Waals surface area contributed by atoms with Crippen molar-refractivity contribution in [1.82, 2.24) is 9.88 Å². The topological polar surface area (TPSA) is 91.5 Å². The summed E-state index contributed by atoms with van der Waals surface area (Å²) in [6.07, 6.45) is 3.59. The monoisotopic (exact) mass is 278 g/mol. The lowest BCUT2D eigenvalue weighted by Gasteiger charge is -2.38. The van der Waals surface area contributed by atoms with Crippen LogP contribution in [0.4, 0.5) is 11.5 Å². The van der Waals surface area contributed by atoms with Gasteiger partial charge in [-0.25, -0.2) is 9.78 Å². The first-order valence-corrected chi connectivity index (χ1v) is 6.81. The molecule has 1 fully saturated rings. The fourth-order valence-electron chi connectivity index (χ4n) is 2.38. The van der Waals surface area contributed by atoms with Crippen LogP contribution in [-0.2, 0) is 0 Å². The third-order valence-electron chi connectivity index (χ3n) is 4.04. The maximum Gasteiger partial charge on any atom is 0.337 e. The molecule has 0 aromatic carbocycles. The molecule has 6 nitrogen and oxygen atoms in total. The summed E-state index contributed by atoms with van der Waals surface area (Å²) in [5.74, 6) is -0.451. The van der Waals surface area contributed by atoms with Crippen LogP contribution < -0.4 is 11.1 Å². The number of hydrogen-bond acceptors (Lipinski definition) is 5. The quantitative estimate of drug-likeness (QED) is 0.773. The molecule has 110 valence electrons. The van der Waals surface area contributed by atoms with E-state index < -0.39 is 5.97 Å². The Balaban J connectivity index is 1.99. The lowest BCUT2D eigenvalue weighted by atomic mass is 9.80. The van der Waals surface area contributed by atoms with Gasteiger partial charge in [-0.2, -0.15) is 0 Å². The third kappa shape index (κ3) is 3.39. The van der Waals surface area contributed by atoms with Crippen LogP contribution in [0.25, 0.3) is 0 Å². The minimum Gasteiger partial charge on any atom is -0.478 e. The van der Waals surface area contributed by atoms with Gasteiger partial charge in [0.2, 0.25) is 0 Å². The number of nitrogens with one attached hydrogen (secondary N) is 1. The molecule has 0 bridgehead atoms. The van der Waals surface area contributed by atoms with E-state index in [0.29, 0.717) is 11.5 Å². The fourth-order valence-corrected chi connectivity index (χ4v) is 2.38. The number of likely N-dealkylation sites (tertiary alicyclic amines) is 1. The number of anilines is 2. The van der Waals surface area contributed by atoms with Crippen molar-refractivity contribution in [3.63, 3.8) is 0 Å². The van der Waals surface area contributed by atoms with Crippen molar-refractivity contribution in [2.75, 3.05) is 37.7 Å². The standard InChI is InChI=1S/C14H22N4O2/c1-14(3-5-18(2)6-4-14)9-17-12-11(15)7-10(8-16-12)13(19)20/h7-8H,3-6,9,15H2,1-2H3,(H,16,17)(H,19,20). The molecule has 2 rings (SSSR count). The van der Waals surface area contributed by atoms with E-state index in [1.807, 2.05) is 0 Å². The van der Waals surface area contributed by atoms with Crippen molar-refractivity contribution in [3.05, 3.63) is 17.8 Å². The van der Waals surface area contributed by atoms with Crippen molar-refractivity contribution in [2.24, 2.45) is 5.41 Å². The average molecular weight is 278 g/mol. The Morgan fingerprint density at radius 3 is 2.75 bits per heavy atom. The van der Waals surface area contributed by atoms with Crippen molar-refractivity contribution in [2.45, 2.75) is 19.8 Å². The zero-order chi connectivity index (χ0) is 14.8. The van der Waals surface area contributed by atoms with Crippen molar-refractivity contribution >= 4 is 17.5 Å². The molecular weight excluding hydrogens is 256 g/mol. The number of carboxylic acid groups (broad SMARTS) is 1. The lowest BCUT2D eigenvalue weighted by Crippen LogP contribution is -2.40. The normalized spacial score (nSPS) is 18.7. The van der Waals surface area contributed by atoms with Gasteiger partial charge in [-0.15, -0.1) is 0 Å². The highest BCUT2D eigenvalue weighted by Gasteiger charge is 2.28. The molecule has 0 unspecified atom stereocenters. The van der Waals surface area contributed by atoms with Gasteiger partial charge < -0.3 is 21.1 Å². The lowest BCUT2D eigenvalue weighted by molar-refractivity contribution is 0.0696. The van der Waals surface area contributed by atoms with Gasteiger partial charge in [-0.3, -0.25) is 0 Å². The van der Waals surface area contributed by atoms with E-state index in [1.165, 1.54) is 12.3 Å². The van der Waals surface area contributed by atoms with E-state index >= 15 is 0 Å². The summed E-state index contributed by atoms with van der Waals surface area (Å²) in [5, 5.41) is 12.1. The number of hydrogen-bond donors (Lipinski definition) is 3. The molecular formula is C14H22N4O2. The predicted molar refractivity (Wildman–Crippen MR) is 78.9 cm³/mol. The van der Waals surface area contributed by atoms with Crippen molar-refractivity contribution in [3.8, 4) is 0 Å². The number of aromatic carboxylic acids is 1. The molecule has 2 heterocycles. The number of nitrogens with zero attached hydrogens (tertiary/aromatic N) is 2. The third-order valence-corrected chi connectivity index (χ3v) is 4.04. The fraction of sp³-hybridized carbons (Fsp3) is 0.571. The molecule has 0 saturated carbocycles. The molecule has 0 aliphatic carbocycles. The second-order valence-electron chi connectivity index (χ2n) is 5.93. The molecule has 1 aliphatic heterocycles. The molecule has 20 heavy (non-hydrogen) atoms. The van der Waals surface area contributed by atoms with Crippen LogP contribution in [0.1, 0.15) is 30.1 Å². The summed E-state index contributed by atoms with van der Waals surface area (Å²) < 4.78 is 0. The number of carbonyl (C=O) groups is 1. The summed E-state index contributed by atoms with van der Waals surface area (Å²) in [6, 6.07) is 1.44. The van der Waals surface area contributed by atoms with Crippen molar-refractivity contribution in [1.29, 1.82) is 0 Å². The summed E-state index contributed by atoms with van der Waals surface area (Å²) in [7, 11) is 2.14. The predicted octanol–water partition coefficient (Wildman–Crippen LogP) is 1.51. The van der Waals surface area contributed by atoms with E-state index in [-0.39, 0.29) is 11.0 Å². The van der Waals surface area contributed by atoms with Gasteiger partial charge in [0.25, 0.3) is 0 Å². The Morgan fingerprint density at radius 1 is 1.55 bits per heavy atom. The zero-order valence-corrected chi connectivity index (χ0v) is 12.0. The Hall–Kier alpha value is -1.82. The van der Waals surface area contributed by atoms with E-state index in [4.69, 9.17) is 10.8 Å². The van der Waals surface area contributed by atoms with Gasteiger partial charge in [0.05, 0.1) is 11.3 Å². The van der Waals surface area contributed by atoms with Crippen LogP contribution >= 0.6 is 0 Å². The maximum atomic E-state index is 10.8. The summed E-state index contributed by atoms with van der Waals surface area (Å²) in [6.45, 7) is 5.25. The van der Waals surface area contributed by atoms with Gasteiger partial charge in [0.15, 0.2) is 0 Å². The van der Waals surface area contributed by atoms with Crippen LogP contribution in [-0.4, -0.2) is 47.6 Å². The second kappa shape index (κ2) is 5.66. The van der Waals surface area contributed by atoms with E-state index in [9.17, 15) is 4.79 Å². The van der Waals surface area contributed by atoms with E-state index in [2.05, 4.69) is 29.2 Å². The van der Waals surface area contributed by atoms with Gasteiger partial charge in [0, 0.05) is 12.7 Å². The number of nitrogens with two attached hydrogens (primary N) is 1. The Morgan fingerprint density at radius 2 is 2.20 bits per heavy atom. The molecule has 0 spiro atoms. The molecule has 0 radical (unpaired) electrons. The molecule has 0 atom stereocenters. The van der Waals surface area contributed by atoms with Crippen LogP contribution in [0.2, 0.25) is 0 Å². The van der Waals surface area contributed by atoms with Crippen LogP contribution in [0.15, 0.2) is 12.3 Å². The van der Waals surface area contributed by atoms with Crippen molar-refractivity contribution < 1.29 is 9.90 Å². The summed E-state index contributed by atoms with van der Waals surface area (Å²) in [5.41, 5.74) is 6.56. The first-order chi connectivity index (χ1) is 9.39. The first-order valence-electron chi connectivity index (χ1n) is 6.81. The molecule has 4 N–H and O–H groups in total. The Labute approximate surface area is 119 Å². The Kier molecular flexibility index (Phi) is 4.13. The van der Waals surface area contributed by atoms with Crippen LogP contribution in [0.3, 0.4) is 0 Å². The summed E-state index contributed by atoms with van der Waals surface area (Å²) >= 11 is 0. The molecule has 1 saturated heterocycles. The molecule has 1 aromatic heterocycles. The number of piperidine rings is 1. The second-order valence-corrected chi connectivity index (χ2v) is 5.93. The number of aromatic nitrogens is 1. The van der Waals surface area contributed by atoms with E-state index in [1.54, 1.807) is 0 Å². The number of nitrogen functional groups attached to an aromatic ring is 1. The SMILES string of the molecule is CN1CCC(C)(CNc2ncc(C(=O)O)cc2N)CC1. The number of pyridine rings is 1. The highest BCUT2D eigenvalue weighted by molar-refractivity contribution is 5.89. The minimum absolute atomic E-state index is 0.110. The largest absolute Gasteiger partial charge is 0.478 e. The summed E-state index contributed by atoms with van der Waals surface area (Å²) in [4.78, 5) is 17.3. The first kappa shape index (κ1) is 14.6. The van der Waals surface area contributed by atoms with Gasteiger partial charge in [0.1, 0.15) is 5.82 Å². The van der Waals surface area contributed by atoms with Gasteiger partial charge in [-0.05, 0) is 44.5 Å². The van der Waals surface area contributed by atoms with Crippen LogP contribution in [0.5, 0.6) is 0 Å². The van der Waals surface area contributed by atoms with Gasteiger partial charge in [-0.1, -0.05) is 6.92 Å². The maximum absolute atomic E-state index is 10.8. The average Bonchev–Trinajstić information content (AvgIpc) is 2.41. The molecule has 0 amide bonds. The highest BCUT2D eigenvalue weighted by atomic mass is 16.4. The minimum atomic E-state index is -1.02. The zero-order valence-electron chi connectivity index (χ0n) is 12.0. The number of rotatable bonds is 4. The molecule has 1 aromatic rings. The van der Waals surface area contributed by atoms with Gasteiger partial charge >= 0.3 is 5.97 Å². The number of carboxylic acids is 1. The molecule has 6 heteroatoms. The van der Waals surface area contributed by atoms with Crippen LogP contribution in [0, 0.1) is 5.41 Å². The Bertz CT molecular complexity index is 496. The molecule has 1 aliphatic rings. The van der Waals surface area contributed by atoms with E-state index in [0.717, 1.165) is 32.5 Å². The smallest absolute Gasteiger partial charge is 0.337 e.